The first-order valence-corrected chi connectivity index (χ1v) is 9.85. The van der Waals surface area contributed by atoms with Crippen molar-refractivity contribution in [3.8, 4) is 0 Å². The Morgan fingerprint density at radius 1 is 1.32 bits per heavy atom. The molecule has 0 aliphatic carbocycles. The number of amides is 2. The Labute approximate surface area is 164 Å². The summed E-state index contributed by atoms with van der Waals surface area (Å²) in [5.74, 6) is -0.357. The molecule has 3 aromatic rings. The second-order valence-electron chi connectivity index (χ2n) is 7.40. The summed E-state index contributed by atoms with van der Waals surface area (Å²) in [7, 11) is 0. The maximum Gasteiger partial charge on any atom is 0.317 e. The third kappa shape index (κ3) is 3.72. The maximum absolute atomic E-state index is 13.2. The fourth-order valence-corrected chi connectivity index (χ4v) is 4.12. The van der Waals surface area contributed by atoms with Crippen LogP contribution in [0.4, 0.5) is 9.18 Å². The number of nitrogens with one attached hydrogen (secondary N) is 2. The normalized spacial score (nSPS) is 17.1. The Morgan fingerprint density at radius 3 is 3.04 bits per heavy atom. The number of nitrogens with zero attached hydrogens (tertiary/aromatic N) is 2. The molecule has 1 atom stereocenters. The van der Waals surface area contributed by atoms with Gasteiger partial charge in [0.05, 0.1) is 17.9 Å². The second-order valence-corrected chi connectivity index (χ2v) is 7.40. The third-order valence-corrected chi connectivity index (χ3v) is 5.52. The molecule has 1 aliphatic rings. The quantitative estimate of drug-likeness (QED) is 0.701. The lowest BCUT2D eigenvalue weighted by Crippen LogP contribution is -2.45. The van der Waals surface area contributed by atoms with E-state index < -0.39 is 0 Å². The van der Waals surface area contributed by atoms with Gasteiger partial charge in [-0.1, -0.05) is 12.1 Å². The Morgan fingerprint density at radius 2 is 2.21 bits per heavy atom. The number of carbonyl (C=O) groups excluding carboxylic acids is 1. The minimum Gasteiger partial charge on any atom is -0.361 e. The van der Waals surface area contributed by atoms with Gasteiger partial charge < -0.3 is 15.2 Å². The molecule has 6 heteroatoms. The average Bonchev–Trinajstić information content (AvgIpc) is 3.13. The Bertz CT molecular complexity index is 966. The molecule has 28 heavy (non-hydrogen) atoms. The molecule has 1 saturated heterocycles. The number of piperidine rings is 1. The van der Waals surface area contributed by atoms with E-state index in [0.717, 1.165) is 36.9 Å². The van der Waals surface area contributed by atoms with Gasteiger partial charge in [-0.2, -0.15) is 0 Å². The smallest absolute Gasteiger partial charge is 0.317 e. The number of fused-ring (bicyclic) bond motifs is 1. The topological polar surface area (TPSA) is 61.0 Å². The zero-order valence-electron chi connectivity index (χ0n) is 16.0. The number of carbonyl (C=O) groups is 1. The molecule has 2 aromatic heterocycles. The van der Waals surface area contributed by atoms with Crippen LogP contribution in [0.5, 0.6) is 0 Å². The summed E-state index contributed by atoms with van der Waals surface area (Å²) in [5, 5.41) is 4.30. The zero-order chi connectivity index (χ0) is 19.5. The Hall–Kier alpha value is -2.89. The van der Waals surface area contributed by atoms with Crippen LogP contribution < -0.4 is 5.32 Å². The molecule has 1 aromatic carbocycles. The van der Waals surface area contributed by atoms with Crippen LogP contribution in [0.3, 0.4) is 0 Å². The van der Waals surface area contributed by atoms with Gasteiger partial charge in [0.25, 0.3) is 0 Å². The lowest BCUT2D eigenvalue weighted by atomic mass is 9.99. The predicted octanol–water partition coefficient (Wildman–Crippen LogP) is 4.49. The molecule has 146 valence electrons. The number of urea groups is 1. The first-order valence-electron chi connectivity index (χ1n) is 9.85. The minimum atomic E-state index is -0.357. The van der Waals surface area contributed by atoms with Gasteiger partial charge in [-0.05, 0) is 61.9 Å². The van der Waals surface area contributed by atoms with Crippen molar-refractivity contribution in [3.63, 3.8) is 0 Å². The summed E-state index contributed by atoms with van der Waals surface area (Å²) >= 11 is 0. The van der Waals surface area contributed by atoms with Crippen LogP contribution in [0.1, 0.15) is 42.1 Å². The van der Waals surface area contributed by atoms with Crippen LogP contribution in [0, 0.1) is 12.7 Å². The molecule has 5 nitrogen and oxygen atoms in total. The SMILES string of the molecule is Cc1cccc2[nH]cc(CCNC(=O)N3CCCCC3c3ccc(F)cn3)c12. The highest BCUT2D eigenvalue weighted by Gasteiger charge is 2.28. The van der Waals surface area contributed by atoms with Gasteiger partial charge >= 0.3 is 6.03 Å². The van der Waals surface area contributed by atoms with E-state index >= 15 is 0 Å². The standard InChI is InChI=1S/C22H25FN4O/c1-15-5-4-6-19-21(15)16(13-25-19)10-11-24-22(28)27-12-3-2-7-20(27)18-9-8-17(23)14-26-18/h4-6,8-9,13-14,20,25H,2-3,7,10-12H2,1H3,(H,24,28). The summed E-state index contributed by atoms with van der Waals surface area (Å²) in [5.41, 5.74) is 4.32. The van der Waals surface area contributed by atoms with Crippen molar-refractivity contribution >= 4 is 16.9 Å². The summed E-state index contributed by atoms with van der Waals surface area (Å²) in [6.07, 6.45) is 6.89. The van der Waals surface area contributed by atoms with E-state index in [9.17, 15) is 9.18 Å². The summed E-state index contributed by atoms with van der Waals surface area (Å²) in [4.78, 5) is 22.2. The third-order valence-electron chi connectivity index (χ3n) is 5.52. The van der Waals surface area contributed by atoms with Crippen molar-refractivity contribution in [1.29, 1.82) is 0 Å². The van der Waals surface area contributed by atoms with E-state index in [2.05, 4.69) is 34.3 Å². The first kappa shape index (κ1) is 18.5. The molecule has 4 rings (SSSR count). The number of benzene rings is 1. The largest absolute Gasteiger partial charge is 0.361 e. The van der Waals surface area contributed by atoms with E-state index in [0.29, 0.717) is 13.1 Å². The van der Waals surface area contributed by atoms with Crippen LogP contribution >= 0.6 is 0 Å². The van der Waals surface area contributed by atoms with Crippen molar-refractivity contribution < 1.29 is 9.18 Å². The van der Waals surface area contributed by atoms with Gasteiger partial charge in [0.2, 0.25) is 0 Å². The molecule has 3 heterocycles. The van der Waals surface area contributed by atoms with Crippen LogP contribution in [-0.4, -0.2) is 34.0 Å². The van der Waals surface area contributed by atoms with E-state index in [1.54, 1.807) is 6.07 Å². The Kier molecular flexibility index (Phi) is 5.28. The lowest BCUT2D eigenvalue weighted by molar-refractivity contribution is 0.150. The molecular formula is C22H25FN4O. The molecule has 2 amide bonds. The van der Waals surface area contributed by atoms with Crippen molar-refractivity contribution in [2.75, 3.05) is 13.1 Å². The zero-order valence-corrected chi connectivity index (χ0v) is 16.0. The number of likely N-dealkylation sites (tertiary alicyclic amines) is 1. The number of hydrogen-bond donors (Lipinski definition) is 2. The average molecular weight is 380 g/mol. The summed E-state index contributed by atoms with van der Waals surface area (Å²) < 4.78 is 13.2. The van der Waals surface area contributed by atoms with Gasteiger partial charge in [-0.25, -0.2) is 9.18 Å². The van der Waals surface area contributed by atoms with E-state index in [1.807, 2.05) is 17.2 Å². The van der Waals surface area contributed by atoms with Gasteiger partial charge in [0.1, 0.15) is 5.82 Å². The predicted molar refractivity (Wildman–Crippen MR) is 108 cm³/mol. The minimum absolute atomic E-state index is 0.0765. The van der Waals surface area contributed by atoms with Gasteiger partial charge in [0.15, 0.2) is 0 Å². The molecule has 1 aliphatic heterocycles. The van der Waals surface area contributed by atoms with E-state index in [1.165, 1.54) is 28.8 Å². The van der Waals surface area contributed by atoms with E-state index in [-0.39, 0.29) is 17.9 Å². The molecule has 0 saturated carbocycles. The number of pyridine rings is 1. The van der Waals surface area contributed by atoms with Crippen LogP contribution in [0.2, 0.25) is 0 Å². The Balaban J connectivity index is 1.41. The van der Waals surface area contributed by atoms with Crippen LogP contribution in [0.15, 0.2) is 42.7 Å². The fourth-order valence-electron chi connectivity index (χ4n) is 4.12. The lowest BCUT2D eigenvalue weighted by Gasteiger charge is -2.35. The van der Waals surface area contributed by atoms with E-state index in [4.69, 9.17) is 0 Å². The van der Waals surface area contributed by atoms with Crippen molar-refractivity contribution in [2.24, 2.45) is 0 Å². The van der Waals surface area contributed by atoms with Gasteiger partial charge in [-0.3, -0.25) is 4.98 Å². The first-order chi connectivity index (χ1) is 13.6. The number of aryl methyl sites for hydroxylation is 1. The highest BCUT2D eigenvalue weighted by molar-refractivity contribution is 5.86. The molecule has 1 unspecified atom stereocenters. The van der Waals surface area contributed by atoms with Crippen LogP contribution in [-0.2, 0) is 6.42 Å². The number of aromatic nitrogens is 2. The van der Waals surface area contributed by atoms with Crippen molar-refractivity contribution in [2.45, 2.75) is 38.6 Å². The fraction of sp³-hybridized carbons (Fsp3) is 0.364. The number of aromatic amines is 1. The van der Waals surface area contributed by atoms with Crippen molar-refractivity contribution in [3.05, 3.63) is 65.4 Å². The molecule has 1 fully saturated rings. The molecule has 0 radical (unpaired) electrons. The highest BCUT2D eigenvalue weighted by Crippen LogP contribution is 2.29. The maximum atomic E-state index is 13.2. The molecular weight excluding hydrogens is 355 g/mol. The molecule has 2 N–H and O–H groups in total. The monoisotopic (exact) mass is 380 g/mol. The summed E-state index contributed by atoms with van der Waals surface area (Å²) in [6.45, 7) is 3.37. The summed E-state index contributed by atoms with van der Waals surface area (Å²) in [6, 6.07) is 9.13. The highest BCUT2D eigenvalue weighted by atomic mass is 19.1. The number of hydrogen-bond acceptors (Lipinski definition) is 2. The molecule has 0 bridgehead atoms. The van der Waals surface area contributed by atoms with Gasteiger partial charge in [0, 0.05) is 30.2 Å². The number of halogens is 1. The molecule has 0 spiro atoms. The van der Waals surface area contributed by atoms with Crippen molar-refractivity contribution in [1.82, 2.24) is 20.2 Å². The number of H-pyrrole nitrogens is 1. The van der Waals surface area contributed by atoms with Crippen LogP contribution in [0.25, 0.3) is 10.9 Å². The number of rotatable bonds is 4. The second kappa shape index (κ2) is 8.00. The van der Waals surface area contributed by atoms with Gasteiger partial charge in [-0.15, -0.1) is 0 Å².